The molecule has 154 valence electrons. The first-order valence-electron chi connectivity index (χ1n) is 10.1. The number of hydrogen-bond donors (Lipinski definition) is 1. The summed E-state index contributed by atoms with van der Waals surface area (Å²) in [5.41, 5.74) is 4.23. The fourth-order valence-corrected chi connectivity index (χ4v) is 4.63. The van der Waals surface area contributed by atoms with Crippen LogP contribution < -0.4 is 0 Å². The molecule has 0 radical (unpaired) electrons. The summed E-state index contributed by atoms with van der Waals surface area (Å²) in [5.74, 6) is -0.257. The van der Waals surface area contributed by atoms with Gasteiger partial charge in [0.05, 0.1) is 12.7 Å². The van der Waals surface area contributed by atoms with E-state index in [2.05, 4.69) is 37.1 Å². The summed E-state index contributed by atoms with van der Waals surface area (Å²) >= 11 is 0. The molecule has 1 N–H and O–H groups in total. The summed E-state index contributed by atoms with van der Waals surface area (Å²) in [6.07, 6.45) is 3.64. The quantitative estimate of drug-likeness (QED) is 0.855. The molecular formula is C22H27N3O4. The summed E-state index contributed by atoms with van der Waals surface area (Å²) in [7, 11) is 0. The molecule has 29 heavy (non-hydrogen) atoms. The van der Waals surface area contributed by atoms with Crippen molar-refractivity contribution in [3.05, 3.63) is 52.3 Å². The van der Waals surface area contributed by atoms with Crippen molar-refractivity contribution in [2.45, 2.75) is 46.3 Å². The van der Waals surface area contributed by atoms with Crippen molar-refractivity contribution in [3.63, 3.8) is 0 Å². The van der Waals surface area contributed by atoms with Gasteiger partial charge in [0.25, 0.3) is 0 Å². The van der Waals surface area contributed by atoms with E-state index in [1.807, 2.05) is 0 Å². The van der Waals surface area contributed by atoms with Gasteiger partial charge in [-0.15, -0.1) is 0 Å². The fourth-order valence-electron chi connectivity index (χ4n) is 4.63. The van der Waals surface area contributed by atoms with E-state index in [9.17, 15) is 9.59 Å². The number of benzene rings is 1. The number of rotatable bonds is 4. The third-order valence-corrected chi connectivity index (χ3v) is 6.47. The normalized spacial score (nSPS) is 23.4. The first-order valence-corrected chi connectivity index (χ1v) is 10.1. The van der Waals surface area contributed by atoms with Gasteiger partial charge in [-0.2, -0.15) is 9.78 Å². The highest BCUT2D eigenvalue weighted by atomic mass is 16.5. The molecule has 7 heteroatoms. The lowest BCUT2D eigenvalue weighted by molar-refractivity contribution is 0.0380. The van der Waals surface area contributed by atoms with Crippen LogP contribution in [0, 0.1) is 32.6 Å². The Labute approximate surface area is 170 Å². The minimum atomic E-state index is -1.11. The molecule has 2 heterocycles. The van der Waals surface area contributed by atoms with E-state index in [1.165, 1.54) is 22.9 Å². The Balaban J connectivity index is 1.33. The van der Waals surface area contributed by atoms with E-state index in [1.54, 1.807) is 11.8 Å². The van der Waals surface area contributed by atoms with Crippen LogP contribution in [0.3, 0.4) is 0 Å². The molecule has 1 aromatic heterocycles. The SMILES string of the molecule is Cc1cn(C(=O)N2C[C@H]3CC(OCc4cccc(C)c4C)C[C@H]3C2)nc1C(=O)O. The molecule has 1 amide bonds. The van der Waals surface area contributed by atoms with Gasteiger partial charge in [0.2, 0.25) is 0 Å². The maximum absolute atomic E-state index is 12.7. The smallest absolute Gasteiger partial charge is 0.356 e. The fraction of sp³-hybridized carbons (Fsp3) is 0.500. The summed E-state index contributed by atoms with van der Waals surface area (Å²) in [6.45, 7) is 7.88. The van der Waals surface area contributed by atoms with Gasteiger partial charge < -0.3 is 14.7 Å². The van der Waals surface area contributed by atoms with Gasteiger partial charge in [-0.05, 0) is 62.1 Å². The molecule has 7 nitrogen and oxygen atoms in total. The number of carbonyl (C=O) groups excluding carboxylic acids is 1. The molecule has 0 bridgehead atoms. The Kier molecular flexibility index (Phi) is 5.17. The number of likely N-dealkylation sites (tertiary alicyclic amines) is 1. The van der Waals surface area contributed by atoms with Crippen LogP contribution in [0.2, 0.25) is 0 Å². The van der Waals surface area contributed by atoms with Crippen molar-refractivity contribution in [1.29, 1.82) is 0 Å². The number of carbonyl (C=O) groups is 2. The second-order valence-corrected chi connectivity index (χ2v) is 8.38. The van der Waals surface area contributed by atoms with Crippen LogP contribution in [0.15, 0.2) is 24.4 Å². The number of amides is 1. The number of carboxylic acid groups (broad SMARTS) is 1. The first kappa shape index (κ1) is 19.6. The Morgan fingerprint density at radius 2 is 1.83 bits per heavy atom. The van der Waals surface area contributed by atoms with Crippen LogP contribution in [0.1, 0.15) is 45.6 Å². The molecular weight excluding hydrogens is 370 g/mol. The molecule has 1 saturated heterocycles. The summed E-state index contributed by atoms with van der Waals surface area (Å²) in [4.78, 5) is 25.7. The maximum atomic E-state index is 12.7. The second-order valence-electron chi connectivity index (χ2n) is 8.38. The number of aryl methyl sites for hydroxylation is 2. The Hall–Kier alpha value is -2.67. The summed E-state index contributed by atoms with van der Waals surface area (Å²) < 4.78 is 7.36. The molecule has 2 aromatic rings. The lowest BCUT2D eigenvalue weighted by Gasteiger charge is -2.19. The van der Waals surface area contributed by atoms with Crippen molar-refractivity contribution in [2.75, 3.05) is 13.1 Å². The third-order valence-electron chi connectivity index (χ3n) is 6.47. The van der Waals surface area contributed by atoms with E-state index in [-0.39, 0.29) is 17.8 Å². The van der Waals surface area contributed by atoms with E-state index >= 15 is 0 Å². The molecule has 1 aliphatic heterocycles. The lowest BCUT2D eigenvalue weighted by atomic mass is 10.0. The number of nitrogens with zero attached hydrogens (tertiary/aromatic N) is 3. The molecule has 3 atom stereocenters. The van der Waals surface area contributed by atoms with E-state index in [4.69, 9.17) is 9.84 Å². The number of ether oxygens (including phenoxy) is 1. The number of hydrogen-bond acceptors (Lipinski definition) is 4. The van der Waals surface area contributed by atoms with Crippen LogP contribution in [0.5, 0.6) is 0 Å². The van der Waals surface area contributed by atoms with Gasteiger partial charge in [-0.1, -0.05) is 18.2 Å². The summed E-state index contributed by atoms with van der Waals surface area (Å²) in [5, 5.41) is 13.1. The van der Waals surface area contributed by atoms with Crippen molar-refractivity contribution < 1.29 is 19.4 Å². The third kappa shape index (κ3) is 3.79. The molecule has 1 aliphatic carbocycles. The molecule has 2 fully saturated rings. The molecule has 1 aromatic carbocycles. The van der Waals surface area contributed by atoms with Gasteiger partial charge in [0.15, 0.2) is 5.69 Å². The maximum Gasteiger partial charge on any atom is 0.356 e. The monoisotopic (exact) mass is 397 g/mol. The highest BCUT2D eigenvalue weighted by molar-refractivity contribution is 5.88. The van der Waals surface area contributed by atoms with Gasteiger partial charge >= 0.3 is 12.0 Å². The highest BCUT2D eigenvalue weighted by Crippen LogP contribution is 2.40. The average Bonchev–Trinajstić information content (AvgIpc) is 3.35. The number of fused-ring (bicyclic) bond motifs is 1. The van der Waals surface area contributed by atoms with Gasteiger partial charge in [0.1, 0.15) is 0 Å². The molecule has 4 rings (SSSR count). The van der Waals surface area contributed by atoms with Crippen molar-refractivity contribution in [2.24, 2.45) is 11.8 Å². The number of carboxylic acids is 1. The van der Waals surface area contributed by atoms with Crippen molar-refractivity contribution in [3.8, 4) is 0 Å². The lowest BCUT2D eigenvalue weighted by Crippen LogP contribution is -2.34. The van der Waals surface area contributed by atoms with Crippen LogP contribution in [0.25, 0.3) is 0 Å². The van der Waals surface area contributed by atoms with Crippen molar-refractivity contribution >= 4 is 12.0 Å². The van der Waals surface area contributed by atoms with E-state index in [0.717, 1.165) is 17.5 Å². The topological polar surface area (TPSA) is 84.7 Å². The van der Waals surface area contributed by atoms with Crippen LogP contribution >= 0.6 is 0 Å². The standard InChI is InChI=1S/C22H27N3O4/c1-13-5-4-6-16(15(13)3)12-29-19-7-17-10-24(11-18(17)8-19)22(28)25-9-14(2)20(23-25)21(26)27/h4-6,9,17-19H,7-8,10-12H2,1-3H3,(H,26,27)/t17-,18+,19?. The van der Waals surface area contributed by atoms with Crippen LogP contribution in [0.4, 0.5) is 4.79 Å². The van der Waals surface area contributed by atoms with Gasteiger partial charge in [0, 0.05) is 24.8 Å². The molecule has 1 saturated carbocycles. The Morgan fingerprint density at radius 3 is 2.45 bits per heavy atom. The number of aromatic carboxylic acids is 1. The van der Waals surface area contributed by atoms with Crippen LogP contribution in [-0.2, 0) is 11.3 Å². The molecule has 1 unspecified atom stereocenters. The zero-order chi connectivity index (χ0) is 20.7. The highest BCUT2D eigenvalue weighted by Gasteiger charge is 2.43. The predicted octanol–water partition coefficient (Wildman–Crippen LogP) is 3.40. The van der Waals surface area contributed by atoms with Crippen molar-refractivity contribution in [1.82, 2.24) is 14.7 Å². The minimum absolute atomic E-state index is 0.0716. The molecule has 2 aliphatic rings. The number of aromatic nitrogens is 2. The second kappa shape index (κ2) is 7.63. The summed E-state index contributed by atoms with van der Waals surface area (Å²) in [6, 6.07) is 6.06. The zero-order valence-electron chi connectivity index (χ0n) is 17.1. The van der Waals surface area contributed by atoms with Gasteiger partial charge in [-0.3, -0.25) is 0 Å². The van der Waals surface area contributed by atoms with Gasteiger partial charge in [-0.25, -0.2) is 9.59 Å². The van der Waals surface area contributed by atoms with E-state index < -0.39 is 5.97 Å². The average molecular weight is 397 g/mol. The zero-order valence-corrected chi connectivity index (χ0v) is 17.1. The molecule has 0 spiro atoms. The largest absolute Gasteiger partial charge is 0.476 e. The van der Waals surface area contributed by atoms with E-state index in [0.29, 0.717) is 37.1 Å². The van der Waals surface area contributed by atoms with Crippen LogP contribution in [-0.4, -0.2) is 51.0 Å². The Morgan fingerprint density at radius 1 is 1.14 bits per heavy atom. The minimum Gasteiger partial charge on any atom is -0.476 e. The Bertz CT molecular complexity index is 938. The predicted molar refractivity (Wildman–Crippen MR) is 107 cm³/mol. The first-order chi connectivity index (χ1) is 13.8.